The summed E-state index contributed by atoms with van der Waals surface area (Å²) in [5.74, 6) is 0.548. The lowest BCUT2D eigenvalue weighted by Gasteiger charge is -2.14. The fourth-order valence-electron chi connectivity index (χ4n) is 3.19. The van der Waals surface area contributed by atoms with Gasteiger partial charge in [-0.2, -0.15) is 0 Å². The third kappa shape index (κ3) is 4.75. The molecule has 7 nitrogen and oxygen atoms in total. The minimum absolute atomic E-state index is 0.0315. The zero-order chi connectivity index (χ0) is 23.3. The van der Waals surface area contributed by atoms with Gasteiger partial charge in [0.25, 0.3) is 0 Å². The van der Waals surface area contributed by atoms with E-state index in [-0.39, 0.29) is 17.9 Å². The van der Waals surface area contributed by atoms with Gasteiger partial charge in [0, 0.05) is 5.56 Å². The molecule has 8 heteroatoms. The van der Waals surface area contributed by atoms with Gasteiger partial charge in [-0.25, -0.2) is 9.79 Å². The van der Waals surface area contributed by atoms with E-state index in [1.54, 1.807) is 25.1 Å². The Labute approximate surface area is 191 Å². The van der Waals surface area contributed by atoms with E-state index in [1.807, 2.05) is 31.2 Å². The van der Waals surface area contributed by atoms with Gasteiger partial charge in [0.05, 0.1) is 38.5 Å². The van der Waals surface area contributed by atoms with Crippen molar-refractivity contribution < 1.29 is 28.8 Å². The van der Waals surface area contributed by atoms with Crippen LogP contribution in [0.3, 0.4) is 0 Å². The first-order valence-corrected chi connectivity index (χ1v) is 10.7. The molecule has 2 aromatic carbocycles. The van der Waals surface area contributed by atoms with Crippen LogP contribution in [0.1, 0.15) is 18.1 Å². The second-order valence-corrected chi connectivity index (χ2v) is 7.76. The summed E-state index contributed by atoms with van der Waals surface area (Å²) >= 11 is 1.18. The number of aryl methyl sites for hydroxylation is 1. The van der Waals surface area contributed by atoms with E-state index in [1.165, 1.54) is 33.1 Å². The van der Waals surface area contributed by atoms with Crippen LogP contribution in [0.2, 0.25) is 0 Å². The lowest BCUT2D eigenvalue weighted by Crippen LogP contribution is -2.12. The summed E-state index contributed by atoms with van der Waals surface area (Å²) in [5.41, 5.74) is 2.38. The lowest BCUT2D eigenvalue weighted by atomic mass is 10.1. The number of aliphatic hydroxyl groups excluding tert-OH is 1. The molecule has 0 aliphatic carbocycles. The SMILES string of the molecule is CCOC(=O)C1=C(O)/C(=C\c2ccc(OC)c(OC)c2OC)SC1=Nc1cccc(C)c1. The number of hydrogen-bond acceptors (Lipinski definition) is 8. The van der Waals surface area contributed by atoms with E-state index >= 15 is 0 Å². The maximum atomic E-state index is 12.6. The van der Waals surface area contributed by atoms with Crippen LogP contribution in [-0.2, 0) is 9.53 Å². The van der Waals surface area contributed by atoms with Crippen molar-refractivity contribution in [3.05, 3.63) is 63.8 Å². The normalized spacial score (nSPS) is 15.9. The second-order valence-electron chi connectivity index (χ2n) is 6.73. The Morgan fingerprint density at radius 2 is 1.84 bits per heavy atom. The maximum absolute atomic E-state index is 12.6. The van der Waals surface area contributed by atoms with Gasteiger partial charge in [-0.05, 0) is 49.8 Å². The summed E-state index contributed by atoms with van der Waals surface area (Å²) in [6.45, 7) is 3.85. The van der Waals surface area contributed by atoms with Crippen LogP contribution < -0.4 is 14.2 Å². The van der Waals surface area contributed by atoms with Crippen molar-refractivity contribution in [1.29, 1.82) is 0 Å². The average molecular weight is 456 g/mol. The van der Waals surface area contributed by atoms with Gasteiger partial charge in [0.2, 0.25) is 5.75 Å². The summed E-state index contributed by atoms with van der Waals surface area (Å²) in [6, 6.07) is 11.1. The molecular weight excluding hydrogens is 430 g/mol. The molecule has 0 radical (unpaired) electrons. The fraction of sp³-hybridized carbons (Fsp3) is 0.250. The molecule has 0 saturated carbocycles. The summed E-state index contributed by atoms with van der Waals surface area (Å²) in [5, 5.41) is 11.3. The van der Waals surface area contributed by atoms with Gasteiger partial charge in [-0.15, -0.1) is 0 Å². The Kier molecular flexibility index (Phi) is 7.48. The van der Waals surface area contributed by atoms with Gasteiger partial charge in [0.1, 0.15) is 16.4 Å². The number of nitrogens with zero attached hydrogens (tertiary/aromatic N) is 1. The van der Waals surface area contributed by atoms with Gasteiger partial charge in [-0.3, -0.25) is 0 Å². The number of benzene rings is 2. The monoisotopic (exact) mass is 455 g/mol. The van der Waals surface area contributed by atoms with E-state index in [2.05, 4.69) is 4.99 Å². The van der Waals surface area contributed by atoms with E-state index in [0.717, 1.165) is 5.56 Å². The first-order valence-electron chi connectivity index (χ1n) is 9.88. The molecule has 168 valence electrons. The summed E-state index contributed by atoms with van der Waals surface area (Å²) < 4.78 is 21.4. The average Bonchev–Trinajstić information content (AvgIpc) is 3.07. The topological polar surface area (TPSA) is 86.6 Å². The maximum Gasteiger partial charge on any atom is 0.344 e. The Bertz CT molecular complexity index is 1120. The van der Waals surface area contributed by atoms with Crippen LogP contribution >= 0.6 is 11.8 Å². The van der Waals surface area contributed by atoms with E-state index < -0.39 is 5.97 Å². The fourth-order valence-corrected chi connectivity index (χ4v) is 4.21. The van der Waals surface area contributed by atoms with Gasteiger partial charge in [-0.1, -0.05) is 23.9 Å². The predicted molar refractivity (Wildman–Crippen MR) is 126 cm³/mol. The van der Waals surface area contributed by atoms with Crippen LogP contribution in [0.5, 0.6) is 17.2 Å². The molecule has 3 rings (SSSR count). The quantitative estimate of drug-likeness (QED) is 0.573. The molecule has 1 heterocycles. The van der Waals surface area contributed by atoms with E-state index in [4.69, 9.17) is 18.9 Å². The molecule has 0 saturated heterocycles. The molecule has 0 unspecified atom stereocenters. The standard InChI is InChI=1S/C24H25NO6S/c1-6-31-24(27)19-20(26)18(32-23(19)25-16-9-7-8-14(2)12-16)13-15-10-11-17(28-3)22(30-5)21(15)29-4/h7-13,26H,6H2,1-5H3/b18-13+,25-23?. The number of ether oxygens (including phenoxy) is 4. The van der Waals surface area contributed by atoms with Crippen LogP contribution in [0.15, 0.2) is 57.6 Å². The Morgan fingerprint density at radius 1 is 1.09 bits per heavy atom. The minimum Gasteiger partial charge on any atom is -0.506 e. The largest absolute Gasteiger partial charge is 0.506 e. The molecule has 32 heavy (non-hydrogen) atoms. The van der Waals surface area contributed by atoms with Crippen molar-refractivity contribution in [3.63, 3.8) is 0 Å². The van der Waals surface area contributed by atoms with Crippen LogP contribution in [0, 0.1) is 6.92 Å². The predicted octanol–water partition coefficient (Wildman–Crippen LogP) is 5.21. The van der Waals surface area contributed by atoms with Crippen LogP contribution in [0.25, 0.3) is 6.08 Å². The van der Waals surface area contributed by atoms with E-state index in [9.17, 15) is 9.90 Å². The molecule has 0 aromatic heterocycles. The van der Waals surface area contributed by atoms with Crippen LogP contribution in [0.4, 0.5) is 5.69 Å². The van der Waals surface area contributed by atoms with Crippen molar-refractivity contribution in [2.45, 2.75) is 13.8 Å². The highest BCUT2D eigenvalue weighted by Crippen LogP contribution is 2.44. The van der Waals surface area contributed by atoms with Gasteiger partial charge in [0.15, 0.2) is 11.5 Å². The minimum atomic E-state index is -0.633. The highest BCUT2D eigenvalue weighted by molar-refractivity contribution is 8.18. The van der Waals surface area contributed by atoms with Crippen molar-refractivity contribution in [2.75, 3.05) is 27.9 Å². The van der Waals surface area contributed by atoms with Crippen molar-refractivity contribution in [3.8, 4) is 17.2 Å². The molecule has 0 amide bonds. The molecule has 1 N–H and O–H groups in total. The highest BCUT2D eigenvalue weighted by atomic mass is 32.2. The third-order valence-electron chi connectivity index (χ3n) is 4.62. The molecule has 1 aliphatic rings. The number of methoxy groups -OCH3 is 3. The summed E-state index contributed by atoms with van der Waals surface area (Å²) in [6.07, 6.45) is 1.71. The summed E-state index contributed by atoms with van der Waals surface area (Å²) in [4.78, 5) is 17.6. The van der Waals surface area contributed by atoms with Crippen molar-refractivity contribution >= 4 is 34.5 Å². The lowest BCUT2D eigenvalue weighted by molar-refractivity contribution is -0.138. The Balaban J connectivity index is 2.12. The molecule has 0 spiro atoms. The van der Waals surface area contributed by atoms with Crippen molar-refractivity contribution in [2.24, 2.45) is 4.99 Å². The first-order chi connectivity index (χ1) is 15.4. The van der Waals surface area contributed by atoms with Crippen molar-refractivity contribution in [1.82, 2.24) is 0 Å². The molecule has 0 bridgehead atoms. The third-order valence-corrected chi connectivity index (χ3v) is 5.64. The van der Waals surface area contributed by atoms with E-state index in [0.29, 0.717) is 38.4 Å². The number of carbonyl (C=O) groups is 1. The molecule has 1 aliphatic heterocycles. The number of aliphatic imine (C=N–C) groups is 1. The molecule has 0 fully saturated rings. The number of hydrogen-bond donors (Lipinski definition) is 1. The Morgan fingerprint density at radius 3 is 2.47 bits per heavy atom. The number of aliphatic hydroxyl groups is 1. The number of rotatable bonds is 7. The van der Waals surface area contributed by atoms with Gasteiger partial charge < -0.3 is 24.1 Å². The summed E-state index contributed by atoms with van der Waals surface area (Å²) in [7, 11) is 4.58. The van der Waals surface area contributed by atoms with Gasteiger partial charge >= 0.3 is 5.97 Å². The number of thioether (sulfide) groups is 1. The zero-order valence-corrected chi connectivity index (χ0v) is 19.4. The molecule has 2 aromatic rings. The zero-order valence-electron chi connectivity index (χ0n) is 18.6. The molecular formula is C24H25NO6S. The number of carbonyl (C=O) groups excluding carboxylic acids is 1. The number of esters is 1. The Hall–Kier alpha value is -3.39. The molecule has 0 atom stereocenters. The second kappa shape index (κ2) is 10.3. The van der Waals surface area contributed by atoms with Crippen LogP contribution in [-0.4, -0.2) is 44.1 Å². The highest BCUT2D eigenvalue weighted by Gasteiger charge is 2.33. The first kappa shape index (κ1) is 23.3. The smallest absolute Gasteiger partial charge is 0.344 e.